The van der Waals surface area contributed by atoms with Gasteiger partial charge in [0, 0.05) is 0 Å². The molecular weight excluding hydrogens is 302 g/mol. The van der Waals surface area contributed by atoms with Crippen LogP contribution in [0.4, 0.5) is 0 Å². The maximum Gasteiger partial charge on any atom is 0.227 e. The molecule has 138 valence electrons. The standard InChI is InChI=1S/C20H41NOS/c1-2-3-4-5-6-7-8-9-10-11-12-13-14-15-16-17-18-23-19-20(21)22/h2-19H2,1H3,(H2,21,22). The lowest BCUT2D eigenvalue weighted by Gasteiger charge is -2.03. The molecule has 0 radical (unpaired) electrons. The molecule has 0 heterocycles. The summed E-state index contributed by atoms with van der Waals surface area (Å²) >= 11 is 1.67. The Labute approximate surface area is 149 Å². The Kier molecular flexibility index (Phi) is 19.7. The molecule has 0 spiro atoms. The van der Waals surface area contributed by atoms with Crippen LogP contribution in [-0.2, 0) is 4.79 Å². The molecule has 0 aliphatic heterocycles. The minimum absolute atomic E-state index is 0.188. The summed E-state index contributed by atoms with van der Waals surface area (Å²) in [4.78, 5) is 10.6. The predicted octanol–water partition coefficient (Wildman–Crippen LogP) is 6.47. The van der Waals surface area contributed by atoms with Crippen molar-refractivity contribution in [1.82, 2.24) is 0 Å². The van der Waals surface area contributed by atoms with Crippen LogP contribution in [0.3, 0.4) is 0 Å². The van der Waals surface area contributed by atoms with Gasteiger partial charge in [-0.15, -0.1) is 0 Å². The first-order valence-electron chi connectivity index (χ1n) is 10.1. The number of amides is 1. The average Bonchev–Trinajstić information content (AvgIpc) is 2.53. The predicted molar refractivity (Wildman–Crippen MR) is 106 cm³/mol. The van der Waals surface area contributed by atoms with Gasteiger partial charge in [-0.1, -0.05) is 103 Å². The van der Waals surface area contributed by atoms with E-state index in [-0.39, 0.29) is 5.91 Å². The van der Waals surface area contributed by atoms with E-state index in [1.165, 1.54) is 103 Å². The van der Waals surface area contributed by atoms with Gasteiger partial charge in [0.05, 0.1) is 5.75 Å². The van der Waals surface area contributed by atoms with E-state index >= 15 is 0 Å². The van der Waals surface area contributed by atoms with Gasteiger partial charge in [-0.25, -0.2) is 0 Å². The van der Waals surface area contributed by atoms with Crippen LogP contribution < -0.4 is 5.73 Å². The molecule has 2 nitrogen and oxygen atoms in total. The van der Waals surface area contributed by atoms with Crippen molar-refractivity contribution in [3.63, 3.8) is 0 Å². The highest BCUT2D eigenvalue weighted by Gasteiger charge is 1.96. The summed E-state index contributed by atoms with van der Waals surface area (Å²) in [6, 6.07) is 0. The number of primary amides is 1. The monoisotopic (exact) mass is 343 g/mol. The van der Waals surface area contributed by atoms with Crippen molar-refractivity contribution in [2.24, 2.45) is 5.73 Å². The largest absolute Gasteiger partial charge is 0.369 e. The van der Waals surface area contributed by atoms with Gasteiger partial charge in [0.1, 0.15) is 0 Å². The Morgan fingerprint density at radius 1 is 0.652 bits per heavy atom. The molecule has 0 atom stereocenters. The van der Waals surface area contributed by atoms with Crippen molar-refractivity contribution in [3.8, 4) is 0 Å². The van der Waals surface area contributed by atoms with Crippen LogP contribution in [-0.4, -0.2) is 17.4 Å². The summed E-state index contributed by atoms with van der Waals surface area (Å²) in [6.07, 6.45) is 22.5. The molecule has 0 aromatic carbocycles. The fraction of sp³-hybridized carbons (Fsp3) is 0.950. The molecule has 0 aromatic heterocycles. The first-order valence-corrected chi connectivity index (χ1v) is 11.3. The summed E-state index contributed by atoms with van der Waals surface area (Å²) < 4.78 is 0. The normalized spacial score (nSPS) is 11.0. The number of hydrogen-bond acceptors (Lipinski definition) is 2. The zero-order chi connectivity index (χ0) is 17.0. The van der Waals surface area contributed by atoms with Gasteiger partial charge in [0.25, 0.3) is 0 Å². The minimum atomic E-state index is -0.188. The van der Waals surface area contributed by atoms with E-state index in [4.69, 9.17) is 5.73 Å². The highest BCUT2D eigenvalue weighted by atomic mass is 32.2. The van der Waals surface area contributed by atoms with Crippen molar-refractivity contribution in [3.05, 3.63) is 0 Å². The number of carbonyl (C=O) groups is 1. The Hall–Kier alpha value is -0.180. The molecule has 2 N–H and O–H groups in total. The third kappa shape index (κ3) is 21.8. The Morgan fingerprint density at radius 2 is 1.00 bits per heavy atom. The molecular formula is C20H41NOS. The van der Waals surface area contributed by atoms with E-state index in [0.29, 0.717) is 5.75 Å². The summed E-state index contributed by atoms with van der Waals surface area (Å²) in [5, 5.41) is 0. The number of nitrogens with two attached hydrogens (primary N) is 1. The fourth-order valence-corrected chi connectivity index (χ4v) is 3.68. The number of rotatable bonds is 19. The van der Waals surface area contributed by atoms with E-state index in [1.54, 1.807) is 11.8 Å². The third-order valence-electron chi connectivity index (χ3n) is 4.39. The number of hydrogen-bond donors (Lipinski definition) is 1. The number of unbranched alkanes of at least 4 members (excludes halogenated alkanes) is 15. The average molecular weight is 344 g/mol. The van der Waals surface area contributed by atoms with E-state index < -0.39 is 0 Å². The lowest BCUT2D eigenvalue weighted by molar-refractivity contribution is -0.115. The SMILES string of the molecule is CCCCCCCCCCCCCCCCCCSCC(N)=O. The Bertz CT molecular complexity index is 246. The van der Waals surface area contributed by atoms with Crippen LogP contribution >= 0.6 is 11.8 Å². The molecule has 0 unspecified atom stereocenters. The van der Waals surface area contributed by atoms with Gasteiger partial charge >= 0.3 is 0 Å². The minimum Gasteiger partial charge on any atom is -0.369 e. The maximum absolute atomic E-state index is 10.6. The highest BCUT2D eigenvalue weighted by Crippen LogP contribution is 2.14. The van der Waals surface area contributed by atoms with Gasteiger partial charge in [-0.05, 0) is 12.2 Å². The quantitative estimate of drug-likeness (QED) is 0.273. The molecule has 0 rings (SSSR count). The van der Waals surface area contributed by atoms with Crippen LogP contribution in [0.15, 0.2) is 0 Å². The molecule has 0 aromatic rings. The fourth-order valence-electron chi connectivity index (χ4n) is 2.92. The van der Waals surface area contributed by atoms with Gasteiger partial charge in [0.15, 0.2) is 0 Å². The summed E-state index contributed by atoms with van der Waals surface area (Å²) in [5.74, 6) is 1.38. The molecule has 1 amide bonds. The van der Waals surface area contributed by atoms with Crippen LogP contribution in [0.5, 0.6) is 0 Å². The summed E-state index contributed by atoms with van der Waals surface area (Å²) in [6.45, 7) is 2.28. The first kappa shape index (κ1) is 22.8. The number of thioether (sulfide) groups is 1. The van der Waals surface area contributed by atoms with Crippen LogP contribution in [0, 0.1) is 0 Å². The smallest absolute Gasteiger partial charge is 0.227 e. The molecule has 0 fully saturated rings. The van der Waals surface area contributed by atoms with Crippen molar-refractivity contribution >= 4 is 17.7 Å². The maximum atomic E-state index is 10.6. The molecule has 0 aliphatic carbocycles. The molecule has 0 aliphatic rings. The molecule has 0 bridgehead atoms. The van der Waals surface area contributed by atoms with E-state index in [0.717, 1.165) is 5.75 Å². The van der Waals surface area contributed by atoms with Crippen molar-refractivity contribution in [1.29, 1.82) is 0 Å². The van der Waals surface area contributed by atoms with Crippen molar-refractivity contribution in [2.75, 3.05) is 11.5 Å². The van der Waals surface area contributed by atoms with Crippen molar-refractivity contribution in [2.45, 2.75) is 110 Å². The zero-order valence-electron chi connectivity index (χ0n) is 15.6. The topological polar surface area (TPSA) is 43.1 Å². The van der Waals surface area contributed by atoms with Crippen molar-refractivity contribution < 1.29 is 4.79 Å². The molecule has 3 heteroatoms. The van der Waals surface area contributed by atoms with E-state index in [1.807, 2.05) is 0 Å². The van der Waals surface area contributed by atoms with Gasteiger partial charge in [-0.2, -0.15) is 11.8 Å². The second-order valence-corrected chi connectivity index (χ2v) is 7.93. The Balaban J connectivity index is 2.96. The third-order valence-corrected chi connectivity index (χ3v) is 5.45. The molecule has 0 saturated carbocycles. The molecule has 0 saturated heterocycles. The van der Waals surface area contributed by atoms with Gasteiger partial charge < -0.3 is 5.73 Å². The van der Waals surface area contributed by atoms with Crippen LogP contribution in [0.25, 0.3) is 0 Å². The lowest BCUT2D eigenvalue weighted by Crippen LogP contribution is -2.13. The van der Waals surface area contributed by atoms with E-state index in [9.17, 15) is 4.79 Å². The highest BCUT2D eigenvalue weighted by molar-refractivity contribution is 7.99. The lowest BCUT2D eigenvalue weighted by atomic mass is 10.0. The van der Waals surface area contributed by atoms with Crippen LogP contribution in [0.1, 0.15) is 110 Å². The molecule has 23 heavy (non-hydrogen) atoms. The Morgan fingerprint density at radius 3 is 1.35 bits per heavy atom. The summed E-state index contributed by atoms with van der Waals surface area (Å²) in [5.41, 5.74) is 5.10. The second kappa shape index (κ2) is 19.9. The second-order valence-electron chi connectivity index (χ2n) is 6.82. The summed E-state index contributed by atoms with van der Waals surface area (Å²) in [7, 11) is 0. The first-order chi connectivity index (χ1) is 11.3. The van der Waals surface area contributed by atoms with Crippen LogP contribution in [0.2, 0.25) is 0 Å². The van der Waals surface area contributed by atoms with Gasteiger partial charge in [0.2, 0.25) is 5.91 Å². The zero-order valence-corrected chi connectivity index (χ0v) is 16.4. The van der Waals surface area contributed by atoms with Gasteiger partial charge in [-0.3, -0.25) is 4.79 Å². The number of carbonyl (C=O) groups excluding carboxylic acids is 1. The van der Waals surface area contributed by atoms with E-state index in [2.05, 4.69) is 6.92 Å².